The minimum Gasteiger partial charge on any atom is -0.478 e. The molecule has 3 nitrogen and oxygen atoms in total. The number of aliphatic carboxylic acids is 1. The Morgan fingerprint density at radius 2 is 1.95 bits per heavy atom. The number of ether oxygens (including phenoxy) is 1. The summed E-state index contributed by atoms with van der Waals surface area (Å²) >= 11 is 0. The maximum absolute atomic E-state index is 10.5. The van der Waals surface area contributed by atoms with E-state index in [0.29, 0.717) is 12.7 Å². The van der Waals surface area contributed by atoms with Crippen molar-refractivity contribution in [3.05, 3.63) is 41.5 Å². The van der Waals surface area contributed by atoms with Gasteiger partial charge in [0.2, 0.25) is 0 Å². The molecule has 1 aromatic carbocycles. The summed E-state index contributed by atoms with van der Waals surface area (Å²) in [7, 11) is 0. The van der Waals surface area contributed by atoms with Crippen molar-refractivity contribution in [1.82, 2.24) is 0 Å². The van der Waals surface area contributed by atoms with Crippen LogP contribution in [0.2, 0.25) is 0 Å². The van der Waals surface area contributed by atoms with Crippen LogP contribution < -0.4 is 0 Å². The molecule has 0 amide bonds. The van der Waals surface area contributed by atoms with Gasteiger partial charge in [0, 0.05) is 6.08 Å². The van der Waals surface area contributed by atoms with Gasteiger partial charge >= 0.3 is 5.97 Å². The van der Waals surface area contributed by atoms with Crippen LogP contribution in [0, 0.1) is 11.8 Å². The normalized spacial score (nSPS) is 26.1. The Bertz CT molecular complexity index is 490. The highest BCUT2D eigenvalue weighted by molar-refractivity contribution is 5.85. The van der Waals surface area contributed by atoms with Gasteiger partial charge in [-0.25, -0.2) is 4.79 Å². The van der Waals surface area contributed by atoms with E-state index in [1.807, 2.05) is 24.3 Å². The van der Waals surface area contributed by atoms with Crippen LogP contribution in [-0.2, 0) is 16.1 Å². The van der Waals surface area contributed by atoms with Crippen molar-refractivity contribution in [3.8, 4) is 0 Å². The lowest BCUT2D eigenvalue weighted by atomic mass is 9.80. The molecule has 0 bridgehead atoms. The van der Waals surface area contributed by atoms with Gasteiger partial charge in [-0.15, -0.1) is 0 Å². The van der Waals surface area contributed by atoms with Gasteiger partial charge in [0.25, 0.3) is 0 Å². The van der Waals surface area contributed by atoms with Crippen molar-refractivity contribution < 1.29 is 14.6 Å². The number of carboxylic acids is 1. The van der Waals surface area contributed by atoms with E-state index < -0.39 is 5.97 Å². The number of carbonyl (C=O) groups is 1. The summed E-state index contributed by atoms with van der Waals surface area (Å²) in [5.74, 6) is 0.625. The van der Waals surface area contributed by atoms with Crippen LogP contribution in [0.3, 0.4) is 0 Å². The first-order valence-electron chi connectivity index (χ1n) is 7.66. The molecule has 0 aromatic heterocycles. The summed E-state index contributed by atoms with van der Waals surface area (Å²) in [6.45, 7) is 5.27. The average Bonchev–Trinajstić information content (AvgIpc) is 2.47. The Hall–Kier alpha value is -1.61. The molecule has 1 N–H and O–H groups in total. The zero-order valence-corrected chi connectivity index (χ0v) is 12.8. The topological polar surface area (TPSA) is 46.5 Å². The molecule has 0 spiro atoms. The van der Waals surface area contributed by atoms with E-state index in [9.17, 15) is 4.79 Å². The van der Waals surface area contributed by atoms with Crippen molar-refractivity contribution in [1.29, 1.82) is 0 Å². The largest absolute Gasteiger partial charge is 0.478 e. The fourth-order valence-electron chi connectivity index (χ4n) is 2.76. The third kappa shape index (κ3) is 5.01. The number of hydrogen-bond acceptors (Lipinski definition) is 2. The highest BCUT2D eigenvalue weighted by Gasteiger charge is 2.24. The molecule has 0 radical (unpaired) electrons. The third-order valence-corrected chi connectivity index (χ3v) is 4.43. The van der Waals surface area contributed by atoms with Gasteiger partial charge in [0.05, 0.1) is 12.7 Å². The van der Waals surface area contributed by atoms with Crippen molar-refractivity contribution in [3.63, 3.8) is 0 Å². The zero-order chi connectivity index (χ0) is 15.2. The first-order valence-corrected chi connectivity index (χ1v) is 7.66. The molecule has 1 aromatic rings. The van der Waals surface area contributed by atoms with Crippen molar-refractivity contribution in [2.24, 2.45) is 11.8 Å². The van der Waals surface area contributed by atoms with Crippen LogP contribution in [0.4, 0.5) is 0 Å². The standard InChI is InChI=1S/C18H24O3/c1-13-3-9-17(11-14(13)2)21-12-16-6-4-15(5-7-16)8-10-18(19)20/h4-8,10,13-14,17H,3,9,11-12H2,1-2H3,(H,19,20). The first kappa shape index (κ1) is 15.8. The molecule has 0 saturated heterocycles. The summed E-state index contributed by atoms with van der Waals surface area (Å²) in [5.41, 5.74) is 2.02. The fourth-order valence-corrected chi connectivity index (χ4v) is 2.76. The predicted molar refractivity (Wildman–Crippen MR) is 83.9 cm³/mol. The van der Waals surface area contributed by atoms with Gasteiger partial charge in [-0.3, -0.25) is 0 Å². The molecule has 0 aliphatic heterocycles. The lowest BCUT2D eigenvalue weighted by Crippen LogP contribution is -2.26. The number of rotatable bonds is 5. The minimum absolute atomic E-state index is 0.378. The molecular weight excluding hydrogens is 264 g/mol. The summed E-state index contributed by atoms with van der Waals surface area (Å²) in [5, 5.41) is 8.59. The van der Waals surface area contributed by atoms with Gasteiger partial charge in [0.1, 0.15) is 0 Å². The molecule has 1 saturated carbocycles. The van der Waals surface area contributed by atoms with Gasteiger partial charge in [-0.1, -0.05) is 38.1 Å². The molecule has 2 rings (SSSR count). The molecule has 3 unspecified atom stereocenters. The first-order chi connectivity index (χ1) is 10.0. The van der Waals surface area contributed by atoms with E-state index in [2.05, 4.69) is 13.8 Å². The highest BCUT2D eigenvalue weighted by Crippen LogP contribution is 2.31. The Balaban J connectivity index is 1.82. The van der Waals surface area contributed by atoms with Crippen LogP contribution in [0.5, 0.6) is 0 Å². The Morgan fingerprint density at radius 3 is 2.57 bits per heavy atom. The predicted octanol–water partition coefficient (Wildman–Crippen LogP) is 4.13. The van der Waals surface area contributed by atoms with E-state index in [4.69, 9.17) is 9.84 Å². The second-order valence-corrected chi connectivity index (χ2v) is 6.11. The smallest absolute Gasteiger partial charge is 0.328 e. The minimum atomic E-state index is -0.928. The molecule has 3 atom stereocenters. The summed E-state index contributed by atoms with van der Waals surface area (Å²) < 4.78 is 6.01. The molecule has 1 aliphatic rings. The number of carboxylic acid groups (broad SMARTS) is 1. The SMILES string of the molecule is CC1CCC(OCc2ccc(C=CC(=O)O)cc2)CC1C. The second kappa shape index (κ2) is 7.41. The van der Waals surface area contributed by atoms with Crippen molar-refractivity contribution in [2.45, 2.75) is 45.8 Å². The Morgan fingerprint density at radius 1 is 1.24 bits per heavy atom. The monoisotopic (exact) mass is 288 g/mol. The quantitative estimate of drug-likeness (QED) is 0.829. The second-order valence-electron chi connectivity index (χ2n) is 6.11. The van der Waals surface area contributed by atoms with Crippen LogP contribution in [0.25, 0.3) is 6.08 Å². The van der Waals surface area contributed by atoms with Crippen molar-refractivity contribution in [2.75, 3.05) is 0 Å². The summed E-state index contributed by atoms with van der Waals surface area (Å²) in [6.07, 6.45) is 6.69. The van der Waals surface area contributed by atoms with Crippen LogP contribution in [-0.4, -0.2) is 17.2 Å². The van der Waals surface area contributed by atoms with Crippen LogP contribution in [0.15, 0.2) is 30.3 Å². The van der Waals surface area contributed by atoms with E-state index in [0.717, 1.165) is 41.9 Å². The number of hydrogen-bond donors (Lipinski definition) is 1. The molecule has 3 heteroatoms. The van der Waals surface area contributed by atoms with E-state index >= 15 is 0 Å². The molecular formula is C18H24O3. The van der Waals surface area contributed by atoms with Gasteiger partial charge in [-0.2, -0.15) is 0 Å². The van der Waals surface area contributed by atoms with Crippen LogP contribution in [0.1, 0.15) is 44.2 Å². The van der Waals surface area contributed by atoms with E-state index in [1.54, 1.807) is 6.08 Å². The zero-order valence-electron chi connectivity index (χ0n) is 12.8. The highest BCUT2D eigenvalue weighted by atomic mass is 16.5. The van der Waals surface area contributed by atoms with Crippen molar-refractivity contribution >= 4 is 12.0 Å². The van der Waals surface area contributed by atoms with Gasteiger partial charge in [0.15, 0.2) is 0 Å². The fraction of sp³-hybridized carbons (Fsp3) is 0.500. The van der Waals surface area contributed by atoms with Crippen LogP contribution >= 0.6 is 0 Å². The van der Waals surface area contributed by atoms with E-state index in [-0.39, 0.29) is 0 Å². The summed E-state index contributed by atoms with van der Waals surface area (Å²) in [4.78, 5) is 10.5. The maximum Gasteiger partial charge on any atom is 0.328 e. The molecule has 0 heterocycles. The molecule has 21 heavy (non-hydrogen) atoms. The summed E-state index contributed by atoms with van der Waals surface area (Å²) in [6, 6.07) is 7.83. The molecule has 1 aliphatic carbocycles. The third-order valence-electron chi connectivity index (χ3n) is 4.43. The lowest BCUT2D eigenvalue weighted by molar-refractivity contribution is -0.131. The van der Waals surface area contributed by atoms with Gasteiger partial charge in [-0.05, 0) is 48.3 Å². The Kier molecular flexibility index (Phi) is 5.57. The Labute approximate surface area is 126 Å². The number of benzene rings is 1. The van der Waals surface area contributed by atoms with E-state index in [1.165, 1.54) is 6.42 Å². The van der Waals surface area contributed by atoms with Gasteiger partial charge < -0.3 is 9.84 Å². The average molecular weight is 288 g/mol. The lowest BCUT2D eigenvalue weighted by Gasteiger charge is -2.32. The molecule has 114 valence electrons. The maximum atomic E-state index is 10.5. The molecule has 1 fully saturated rings.